The molecule has 0 aliphatic rings. The fraction of sp³-hybridized carbons (Fsp3) is 0.100. The van der Waals surface area contributed by atoms with Crippen LogP contribution in [0, 0.1) is 0 Å². The molecule has 0 amide bonds. The van der Waals surface area contributed by atoms with Crippen molar-refractivity contribution in [2.45, 2.75) is 13.0 Å². The van der Waals surface area contributed by atoms with Gasteiger partial charge in [0.05, 0.1) is 53.2 Å². The van der Waals surface area contributed by atoms with Crippen molar-refractivity contribution in [3.8, 4) is 22.6 Å². The van der Waals surface area contributed by atoms with E-state index in [1.807, 2.05) is 53.1 Å². The summed E-state index contributed by atoms with van der Waals surface area (Å²) in [5.74, 6) is 1.36. The maximum Gasteiger partial charge on any atom is 0.227 e. The van der Waals surface area contributed by atoms with E-state index < -0.39 is 0 Å². The largest absolute Gasteiger partial charge is 0.394 e. The summed E-state index contributed by atoms with van der Waals surface area (Å²) in [6.07, 6.45) is 7.93. The zero-order valence-electron chi connectivity index (χ0n) is 21.4. The molecule has 5 aromatic heterocycles. The van der Waals surface area contributed by atoms with Gasteiger partial charge >= 0.3 is 0 Å². The molecule has 0 saturated heterocycles. The molecule has 0 spiro atoms. The fourth-order valence-corrected chi connectivity index (χ4v) is 4.85. The van der Waals surface area contributed by atoms with Crippen molar-refractivity contribution >= 4 is 28.3 Å². The predicted molar refractivity (Wildman–Crippen MR) is 153 cm³/mol. The Morgan fingerprint density at radius 3 is 2.73 bits per heavy atom. The van der Waals surface area contributed by atoms with Gasteiger partial charge in [-0.05, 0) is 35.9 Å². The number of aromatic amines is 1. The molecule has 0 unspecified atom stereocenters. The molecule has 40 heavy (non-hydrogen) atoms. The van der Waals surface area contributed by atoms with Gasteiger partial charge in [0.2, 0.25) is 5.95 Å². The molecule has 5 heterocycles. The van der Waals surface area contributed by atoms with Crippen LogP contribution < -0.4 is 5.32 Å². The first-order chi connectivity index (χ1) is 19.7. The normalized spacial score (nSPS) is 11.4. The van der Waals surface area contributed by atoms with Crippen LogP contribution in [0.4, 0.5) is 11.6 Å². The molecule has 7 rings (SSSR count). The quantitative estimate of drug-likeness (QED) is 0.258. The molecule has 0 saturated carbocycles. The molecule has 2 aromatic carbocycles. The van der Waals surface area contributed by atoms with E-state index in [1.165, 1.54) is 5.56 Å². The highest BCUT2D eigenvalue weighted by molar-refractivity contribution is 5.87. The second-order valence-electron chi connectivity index (χ2n) is 9.42. The number of nitrogens with one attached hydrogen (secondary N) is 2. The Morgan fingerprint density at radius 1 is 0.925 bits per heavy atom. The number of benzene rings is 2. The third-order valence-corrected chi connectivity index (χ3v) is 6.67. The van der Waals surface area contributed by atoms with Gasteiger partial charge in [0.1, 0.15) is 11.5 Å². The van der Waals surface area contributed by atoms with E-state index in [0.717, 1.165) is 57.3 Å². The highest BCUT2D eigenvalue weighted by atomic mass is 16.3. The first-order valence-corrected chi connectivity index (χ1v) is 13.0. The van der Waals surface area contributed by atoms with E-state index in [4.69, 9.17) is 20.1 Å². The van der Waals surface area contributed by atoms with Gasteiger partial charge in [-0.15, -0.1) is 0 Å². The number of H-pyrrole nitrogens is 1. The number of aliphatic hydroxyl groups is 1. The summed E-state index contributed by atoms with van der Waals surface area (Å²) in [4.78, 5) is 22.5. The van der Waals surface area contributed by atoms with Crippen molar-refractivity contribution in [2.75, 3.05) is 11.9 Å². The summed E-state index contributed by atoms with van der Waals surface area (Å²) in [6, 6.07) is 24.3. The van der Waals surface area contributed by atoms with Crippen molar-refractivity contribution in [1.29, 1.82) is 0 Å². The number of hydrogen-bond acceptors (Lipinski definition) is 7. The van der Waals surface area contributed by atoms with E-state index in [1.54, 1.807) is 23.3 Å². The topological polar surface area (TPSA) is 122 Å². The summed E-state index contributed by atoms with van der Waals surface area (Å²) in [6.45, 7) is 0.435. The van der Waals surface area contributed by atoms with E-state index >= 15 is 0 Å². The predicted octanol–water partition coefficient (Wildman–Crippen LogP) is 4.86. The Bertz CT molecular complexity index is 1940. The number of aliphatic hydroxyl groups excluding tert-OH is 1. The van der Waals surface area contributed by atoms with Crippen LogP contribution in [0.15, 0.2) is 97.6 Å². The van der Waals surface area contributed by atoms with Gasteiger partial charge in [-0.3, -0.25) is 9.08 Å². The second kappa shape index (κ2) is 10.1. The Balaban J connectivity index is 1.27. The van der Waals surface area contributed by atoms with Gasteiger partial charge in [0.25, 0.3) is 0 Å². The first kappa shape index (κ1) is 23.7. The number of aromatic nitrogens is 8. The Kier molecular flexibility index (Phi) is 5.98. The summed E-state index contributed by atoms with van der Waals surface area (Å²) < 4.78 is 3.70. The Morgan fingerprint density at radius 2 is 1.82 bits per heavy atom. The number of pyridine rings is 1. The molecular weight excluding hydrogens is 502 g/mol. The second-order valence-corrected chi connectivity index (χ2v) is 9.42. The minimum Gasteiger partial charge on any atom is -0.394 e. The molecular formula is C30H25N9O. The molecule has 0 aliphatic carbocycles. The van der Waals surface area contributed by atoms with Crippen molar-refractivity contribution in [3.63, 3.8) is 0 Å². The van der Waals surface area contributed by atoms with Gasteiger partial charge in [0, 0.05) is 30.6 Å². The van der Waals surface area contributed by atoms with E-state index in [2.05, 4.69) is 50.7 Å². The minimum absolute atomic E-state index is 0.0164. The lowest BCUT2D eigenvalue weighted by Gasteiger charge is -2.07. The van der Waals surface area contributed by atoms with Crippen LogP contribution in [-0.2, 0) is 13.0 Å². The number of fused-ring (bicyclic) bond motifs is 2. The molecule has 3 N–H and O–H groups in total. The summed E-state index contributed by atoms with van der Waals surface area (Å²) >= 11 is 0. The number of hydrogen-bond donors (Lipinski definition) is 3. The van der Waals surface area contributed by atoms with Crippen molar-refractivity contribution in [3.05, 3.63) is 109 Å². The highest BCUT2D eigenvalue weighted by Crippen LogP contribution is 2.33. The van der Waals surface area contributed by atoms with Crippen LogP contribution in [0.25, 0.3) is 39.3 Å². The summed E-state index contributed by atoms with van der Waals surface area (Å²) in [5, 5.41) is 16.6. The van der Waals surface area contributed by atoms with Crippen LogP contribution in [0.3, 0.4) is 0 Å². The molecule has 0 fully saturated rings. The lowest BCUT2D eigenvalue weighted by atomic mass is 10.1. The lowest BCUT2D eigenvalue weighted by Crippen LogP contribution is -2.02. The van der Waals surface area contributed by atoms with Crippen LogP contribution in [0.1, 0.15) is 11.4 Å². The molecule has 196 valence electrons. The molecule has 7 aromatic rings. The monoisotopic (exact) mass is 527 g/mol. The van der Waals surface area contributed by atoms with Crippen LogP contribution in [-0.4, -0.2) is 50.8 Å². The number of imidazole rings is 2. The van der Waals surface area contributed by atoms with Gasteiger partial charge < -0.3 is 15.4 Å². The zero-order valence-corrected chi connectivity index (χ0v) is 21.4. The van der Waals surface area contributed by atoms with Crippen molar-refractivity contribution in [1.82, 2.24) is 39.1 Å². The molecule has 10 nitrogen and oxygen atoms in total. The molecule has 0 aliphatic heterocycles. The van der Waals surface area contributed by atoms with E-state index in [9.17, 15) is 0 Å². The summed E-state index contributed by atoms with van der Waals surface area (Å²) in [7, 11) is 0. The lowest BCUT2D eigenvalue weighted by molar-refractivity contribution is 0.269. The van der Waals surface area contributed by atoms with Crippen LogP contribution >= 0.6 is 0 Å². The number of nitrogens with zero attached hydrogens (tertiary/aromatic N) is 7. The van der Waals surface area contributed by atoms with Crippen LogP contribution in [0.2, 0.25) is 0 Å². The maximum absolute atomic E-state index is 9.17. The number of anilines is 2. The maximum atomic E-state index is 9.17. The standard InChI is InChI=1S/C30H25N9O/c40-15-14-38-19-22(18-32-38)33-30-31-12-11-24(36-30)29-28(37-27-8-4-5-13-39(27)29)21-9-10-23-25(17-21)35-26(34-23)16-20-6-2-1-3-7-20/h1-13,17-19,40H,14-16H2,(H,34,35)(H,31,33,36). The molecule has 10 heteroatoms. The molecule has 0 bridgehead atoms. The Labute approximate surface area is 229 Å². The Hall–Kier alpha value is -5.35. The average molecular weight is 528 g/mol. The van der Waals surface area contributed by atoms with E-state index in [-0.39, 0.29) is 6.61 Å². The average Bonchev–Trinajstić information content (AvgIpc) is 3.70. The first-order valence-electron chi connectivity index (χ1n) is 13.0. The SMILES string of the molecule is OCCn1cc(Nc2nccc(-c3c(-c4ccc5[nH]c(Cc6ccccc6)nc5c4)nc4ccccn34)n2)cn1. The van der Waals surface area contributed by atoms with Gasteiger partial charge in [0.15, 0.2) is 0 Å². The third-order valence-electron chi connectivity index (χ3n) is 6.67. The van der Waals surface area contributed by atoms with Crippen LogP contribution in [0.5, 0.6) is 0 Å². The minimum atomic E-state index is 0.0164. The van der Waals surface area contributed by atoms with Gasteiger partial charge in [-0.1, -0.05) is 42.5 Å². The third kappa shape index (κ3) is 4.56. The highest BCUT2D eigenvalue weighted by Gasteiger charge is 2.19. The van der Waals surface area contributed by atoms with Gasteiger partial charge in [-0.2, -0.15) is 5.10 Å². The van der Waals surface area contributed by atoms with Crippen molar-refractivity contribution < 1.29 is 5.11 Å². The van der Waals surface area contributed by atoms with Crippen molar-refractivity contribution in [2.24, 2.45) is 0 Å². The molecule has 0 atom stereocenters. The van der Waals surface area contributed by atoms with Gasteiger partial charge in [-0.25, -0.2) is 19.9 Å². The fourth-order valence-electron chi connectivity index (χ4n) is 4.85. The molecule has 0 radical (unpaired) electrons. The smallest absolute Gasteiger partial charge is 0.227 e. The zero-order chi connectivity index (χ0) is 26.9. The van der Waals surface area contributed by atoms with E-state index in [0.29, 0.717) is 12.5 Å². The number of rotatable bonds is 8. The summed E-state index contributed by atoms with van der Waals surface area (Å²) in [5.41, 5.74) is 7.96.